The van der Waals surface area contributed by atoms with Crippen LogP contribution in [-0.2, 0) is 15.9 Å². The molecule has 1 aliphatic heterocycles. The fourth-order valence-electron chi connectivity index (χ4n) is 3.32. The van der Waals surface area contributed by atoms with Gasteiger partial charge in [-0.25, -0.2) is 0 Å². The summed E-state index contributed by atoms with van der Waals surface area (Å²) in [5, 5.41) is 0. The Bertz CT molecular complexity index is 1050. The molecular formula is C25H25BO5. The smallest absolute Gasteiger partial charge is 0.489 e. The van der Waals surface area contributed by atoms with Crippen LogP contribution in [0.15, 0.2) is 72.8 Å². The van der Waals surface area contributed by atoms with Gasteiger partial charge in [0.1, 0.15) is 30.1 Å². The van der Waals surface area contributed by atoms with Gasteiger partial charge >= 0.3 is 7.12 Å². The predicted molar refractivity (Wildman–Crippen MR) is 120 cm³/mol. The van der Waals surface area contributed by atoms with Crippen molar-refractivity contribution in [3.05, 3.63) is 83.9 Å². The highest BCUT2D eigenvalue weighted by Crippen LogP contribution is 2.29. The topological polar surface area (TPSA) is 54.0 Å². The SMILES string of the molecule is CC1OB(c2cc(Oc3cccc(OCc4ccccc4)c3)ccc2C=O)OC1(C)C. The van der Waals surface area contributed by atoms with Gasteiger partial charge in [-0.05, 0) is 62.1 Å². The van der Waals surface area contributed by atoms with E-state index in [-0.39, 0.29) is 6.10 Å². The molecule has 3 aromatic carbocycles. The van der Waals surface area contributed by atoms with Crippen LogP contribution in [0, 0.1) is 0 Å². The molecule has 0 radical (unpaired) electrons. The number of hydrogen-bond acceptors (Lipinski definition) is 5. The van der Waals surface area contributed by atoms with Crippen molar-refractivity contribution >= 4 is 18.9 Å². The minimum absolute atomic E-state index is 0.0972. The molecule has 6 heteroatoms. The fraction of sp³-hybridized carbons (Fsp3) is 0.240. The quantitative estimate of drug-likeness (QED) is 0.410. The highest BCUT2D eigenvalue weighted by atomic mass is 16.7. The number of benzene rings is 3. The van der Waals surface area contributed by atoms with Gasteiger partial charge < -0.3 is 18.8 Å². The molecule has 5 nitrogen and oxygen atoms in total. The van der Waals surface area contributed by atoms with Gasteiger partial charge in [0.25, 0.3) is 0 Å². The molecule has 0 aromatic heterocycles. The number of hydrogen-bond donors (Lipinski definition) is 0. The van der Waals surface area contributed by atoms with Crippen LogP contribution in [0.2, 0.25) is 0 Å². The molecule has 31 heavy (non-hydrogen) atoms. The summed E-state index contributed by atoms with van der Waals surface area (Å²) in [7, 11) is -0.616. The molecule has 0 N–H and O–H groups in total. The Balaban J connectivity index is 1.50. The highest BCUT2D eigenvalue weighted by molar-refractivity contribution is 6.63. The van der Waals surface area contributed by atoms with Crippen molar-refractivity contribution in [2.24, 2.45) is 0 Å². The number of aldehydes is 1. The number of carbonyl (C=O) groups excluding carboxylic acids is 1. The van der Waals surface area contributed by atoms with E-state index in [9.17, 15) is 4.79 Å². The maximum atomic E-state index is 11.6. The van der Waals surface area contributed by atoms with E-state index in [4.69, 9.17) is 18.8 Å². The first kappa shape index (κ1) is 21.2. The molecule has 158 valence electrons. The first-order valence-corrected chi connectivity index (χ1v) is 10.3. The first-order valence-electron chi connectivity index (χ1n) is 10.3. The van der Waals surface area contributed by atoms with Gasteiger partial charge in [0, 0.05) is 11.6 Å². The molecule has 1 fully saturated rings. The maximum Gasteiger partial charge on any atom is 0.495 e. The molecule has 1 saturated heterocycles. The molecule has 0 aliphatic carbocycles. The number of carbonyl (C=O) groups is 1. The second-order valence-corrected chi connectivity index (χ2v) is 8.09. The third-order valence-electron chi connectivity index (χ3n) is 5.45. The van der Waals surface area contributed by atoms with Gasteiger partial charge in [-0.3, -0.25) is 4.79 Å². The molecule has 1 unspecified atom stereocenters. The average molecular weight is 416 g/mol. The average Bonchev–Trinajstić information content (AvgIpc) is 3.05. The fourth-order valence-corrected chi connectivity index (χ4v) is 3.32. The Labute approximate surface area is 183 Å². The van der Waals surface area contributed by atoms with Crippen LogP contribution in [0.4, 0.5) is 0 Å². The largest absolute Gasteiger partial charge is 0.495 e. The molecule has 0 spiro atoms. The Morgan fingerprint density at radius 1 is 0.968 bits per heavy atom. The molecule has 1 atom stereocenters. The zero-order chi connectivity index (χ0) is 21.8. The van der Waals surface area contributed by atoms with E-state index in [0.29, 0.717) is 34.9 Å². The van der Waals surface area contributed by atoms with Crippen molar-refractivity contribution in [3.63, 3.8) is 0 Å². The van der Waals surface area contributed by atoms with E-state index in [1.54, 1.807) is 18.2 Å². The minimum Gasteiger partial charge on any atom is -0.489 e. The zero-order valence-electron chi connectivity index (χ0n) is 17.9. The van der Waals surface area contributed by atoms with Crippen molar-refractivity contribution < 1.29 is 23.6 Å². The lowest BCUT2D eigenvalue weighted by atomic mass is 9.76. The van der Waals surface area contributed by atoms with E-state index < -0.39 is 12.7 Å². The van der Waals surface area contributed by atoms with Gasteiger partial charge in [-0.2, -0.15) is 0 Å². The molecule has 0 saturated carbocycles. The van der Waals surface area contributed by atoms with Crippen LogP contribution >= 0.6 is 0 Å². The summed E-state index contributed by atoms with van der Waals surface area (Å²) < 4.78 is 23.9. The molecular weight excluding hydrogens is 391 g/mol. The normalized spacial score (nSPS) is 17.4. The molecule has 1 aliphatic rings. The molecule has 4 rings (SSSR count). The van der Waals surface area contributed by atoms with Crippen LogP contribution < -0.4 is 14.9 Å². The second kappa shape index (κ2) is 8.96. The van der Waals surface area contributed by atoms with E-state index in [1.807, 2.05) is 75.4 Å². The lowest BCUT2D eigenvalue weighted by Crippen LogP contribution is -2.36. The van der Waals surface area contributed by atoms with E-state index in [0.717, 1.165) is 11.8 Å². The van der Waals surface area contributed by atoms with Crippen LogP contribution in [0.1, 0.15) is 36.7 Å². The van der Waals surface area contributed by atoms with E-state index >= 15 is 0 Å². The Hall–Kier alpha value is -3.09. The van der Waals surface area contributed by atoms with Crippen molar-refractivity contribution in [3.8, 4) is 17.2 Å². The van der Waals surface area contributed by atoms with Gasteiger partial charge in [-0.1, -0.05) is 36.4 Å². The monoisotopic (exact) mass is 416 g/mol. The molecule has 3 aromatic rings. The summed E-state index contributed by atoms with van der Waals surface area (Å²) in [6.07, 6.45) is 0.708. The minimum atomic E-state index is -0.616. The summed E-state index contributed by atoms with van der Waals surface area (Å²) in [4.78, 5) is 11.6. The van der Waals surface area contributed by atoms with Crippen molar-refractivity contribution in [1.82, 2.24) is 0 Å². The Morgan fingerprint density at radius 2 is 1.71 bits per heavy atom. The van der Waals surface area contributed by atoms with Gasteiger partial charge in [0.2, 0.25) is 0 Å². The predicted octanol–water partition coefficient (Wildman–Crippen LogP) is 4.78. The van der Waals surface area contributed by atoms with Crippen LogP contribution in [0.3, 0.4) is 0 Å². The highest BCUT2D eigenvalue weighted by Gasteiger charge is 2.44. The summed E-state index contributed by atoms with van der Waals surface area (Å²) >= 11 is 0. The number of ether oxygens (including phenoxy) is 2. The van der Waals surface area contributed by atoms with Crippen LogP contribution in [0.25, 0.3) is 0 Å². The van der Waals surface area contributed by atoms with Crippen molar-refractivity contribution in [1.29, 1.82) is 0 Å². The van der Waals surface area contributed by atoms with Crippen molar-refractivity contribution in [2.45, 2.75) is 39.1 Å². The second-order valence-electron chi connectivity index (χ2n) is 8.09. The summed E-state index contributed by atoms with van der Waals surface area (Å²) in [5.74, 6) is 1.94. The standard InChI is InChI=1S/C25H25BO5/c1-18-25(2,3)31-26(30-18)24-15-23(13-12-20(24)16-27)29-22-11-7-10-21(14-22)28-17-19-8-5-4-6-9-19/h4-16,18H,17H2,1-3H3. The van der Waals surface area contributed by atoms with E-state index in [2.05, 4.69) is 0 Å². The van der Waals surface area contributed by atoms with Gasteiger partial charge in [0.05, 0.1) is 11.7 Å². The Morgan fingerprint density at radius 3 is 2.42 bits per heavy atom. The summed E-state index contributed by atoms with van der Waals surface area (Å²) in [6, 6.07) is 22.7. The molecule has 0 amide bonds. The first-order chi connectivity index (χ1) is 14.9. The zero-order valence-corrected chi connectivity index (χ0v) is 17.9. The third-order valence-corrected chi connectivity index (χ3v) is 5.45. The lowest BCUT2D eigenvalue weighted by Gasteiger charge is -2.21. The third kappa shape index (κ3) is 4.98. The van der Waals surface area contributed by atoms with Crippen LogP contribution in [0.5, 0.6) is 17.2 Å². The molecule has 1 heterocycles. The van der Waals surface area contributed by atoms with Crippen LogP contribution in [-0.4, -0.2) is 25.1 Å². The van der Waals surface area contributed by atoms with Gasteiger partial charge in [-0.15, -0.1) is 0 Å². The number of rotatable bonds is 7. The lowest BCUT2D eigenvalue weighted by molar-refractivity contribution is 0.0842. The summed E-state index contributed by atoms with van der Waals surface area (Å²) in [6.45, 7) is 6.38. The van der Waals surface area contributed by atoms with Crippen molar-refractivity contribution in [2.75, 3.05) is 0 Å². The molecule has 0 bridgehead atoms. The summed E-state index contributed by atoms with van der Waals surface area (Å²) in [5.41, 5.74) is 1.83. The Kier molecular flexibility index (Phi) is 6.12. The maximum absolute atomic E-state index is 11.6. The van der Waals surface area contributed by atoms with E-state index in [1.165, 1.54) is 0 Å². The van der Waals surface area contributed by atoms with Gasteiger partial charge in [0.15, 0.2) is 0 Å².